The first-order valence-electron chi connectivity index (χ1n) is 10.7. The summed E-state index contributed by atoms with van der Waals surface area (Å²) >= 11 is 0. The predicted molar refractivity (Wildman–Crippen MR) is 122 cm³/mol. The Morgan fingerprint density at radius 3 is 2.56 bits per heavy atom. The molecule has 6 rings (SSSR count). The molecule has 0 saturated carbocycles. The molecule has 4 heterocycles. The van der Waals surface area contributed by atoms with Gasteiger partial charge in [-0.25, -0.2) is 14.4 Å². The molecule has 0 unspecified atom stereocenters. The van der Waals surface area contributed by atoms with Gasteiger partial charge in [-0.2, -0.15) is 4.39 Å². The Labute approximate surface area is 193 Å². The molecule has 0 amide bonds. The zero-order chi connectivity index (χ0) is 23.3. The highest BCUT2D eigenvalue weighted by Gasteiger charge is 2.46. The number of aliphatic imine (C=N–C) groups is 1. The van der Waals surface area contributed by atoms with E-state index in [-0.39, 0.29) is 18.4 Å². The van der Waals surface area contributed by atoms with E-state index in [0.29, 0.717) is 40.0 Å². The monoisotopic (exact) mass is 456 g/mol. The summed E-state index contributed by atoms with van der Waals surface area (Å²) in [6.45, 7) is 0.276. The number of nitrogens with two attached hydrogens (primary N) is 1. The number of hydrogen-bond acceptors (Lipinski definition) is 6. The normalized spacial score (nSPS) is 18.4. The van der Waals surface area contributed by atoms with Crippen molar-refractivity contribution in [3.05, 3.63) is 96.1 Å². The fourth-order valence-electron chi connectivity index (χ4n) is 4.64. The van der Waals surface area contributed by atoms with Crippen LogP contribution in [0.4, 0.5) is 8.78 Å². The molecular formula is C26H18F2N4O2. The molecule has 0 saturated heterocycles. The van der Waals surface area contributed by atoms with Crippen LogP contribution in [0.25, 0.3) is 22.3 Å². The van der Waals surface area contributed by atoms with E-state index in [4.69, 9.17) is 15.2 Å². The Bertz CT molecular complexity index is 1460. The van der Waals surface area contributed by atoms with E-state index in [1.54, 1.807) is 48.8 Å². The molecule has 0 fully saturated rings. The second kappa shape index (κ2) is 7.62. The van der Waals surface area contributed by atoms with Gasteiger partial charge < -0.3 is 15.2 Å². The number of hydrogen-bond donors (Lipinski definition) is 1. The highest BCUT2D eigenvalue weighted by molar-refractivity contribution is 5.77. The number of benzene rings is 2. The van der Waals surface area contributed by atoms with Gasteiger partial charge in [0.2, 0.25) is 5.95 Å². The summed E-state index contributed by atoms with van der Waals surface area (Å²) in [6.07, 6.45) is 5.11. The van der Waals surface area contributed by atoms with Crippen LogP contribution in [-0.4, -0.2) is 22.6 Å². The number of rotatable bonds is 2. The van der Waals surface area contributed by atoms with E-state index >= 15 is 4.39 Å². The molecule has 8 heteroatoms. The molecule has 6 nitrogen and oxygen atoms in total. The van der Waals surface area contributed by atoms with Crippen LogP contribution >= 0.6 is 0 Å². The van der Waals surface area contributed by atoms with Crippen molar-refractivity contribution in [2.45, 2.75) is 12.0 Å². The van der Waals surface area contributed by atoms with Gasteiger partial charge in [-0.15, -0.1) is 0 Å². The molecule has 2 N–H and O–H groups in total. The van der Waals surface area contributed by atoms with Crippen LogP contribution < -0.4 is 10.5 Å². The molecular weight excluding hydrogens is 438 g/mol. The third-order valence-electron chi connectivity index (χ3n) is 6.21. The Balaban J connectivity index is 1.61. The minimum atomic E-state index is -1.07. The minimum absolute atomic E-state index is 0.00444. The van der Waals surface area contributed by atoms with Gasteiger partial charge in [0.05, 0.1) is 6.61 Å². The second-order valence-corrected chi connectivity index (χ2v) is 8.14. The topological polar surface area (TPSA) is 82.6 Å². The Kier molecular flexibility index (Phi) is 4.55. The standard InChI is InChI=1S/C26H18F2N4O2/c27-21-13-17(16-3-1-8-30-14-16)12-20-23(21)34-22-6-5-15(18-4-2-9-31-24(18)28)11-19(22)26(20)7-10-33-25(29)32-26/h1-6,8-9,11-14H,7,10H2,(H2,29,32)/t26-/m0/s1. The maximum atomic E-state index is 15.4. The maximum absolute atomic E-state index is 15.4. The van der Waals surface area contributed by atoms with Gasteiger partial charge in [0.25, 0.3) is 6.02 Å². The van der Waals surface area contributed by atoms with E-state index in [2.05, 4.69) is 15.0 Å². The van der Waals surface area contributed by atoms with Crippen molar-refractivity contribution in [3.8, 4) is 33.8 Å². The average Bonchev–Trinajstić information content (AvgIpc) is 2.86. The predicted octanol–water partition coefficient (Wildman–Crippen LogP) is 5.17. The van der Waals surface area contributed by atoms with Gasteiger partial charge in [-0.3, -0.25) is 4.98 Å². The molecule has 2 aromatic heterocycles. The molecule has 2 aromatic carbocycles. The van der Waals surface area contributed by atoms with Gasteiger partial charge >= 0.3 is 0 Å². The van der Waals surface area contributed by atoms with Crippen molar-refractivity contribution in [2.75, 3.05) is 6.61 Å². The summed E-state index contributed by atoms with van der Waals surface area (Å²) in [7, 11) is 0. The number of halogens is 2. The van der Waals surface area contributed by atoms with Crippen molar-refractivity contribution >= 4 is 6.02 Å². The van der Waals surface area contributed by atoms with E-state index in [1.165, 1.54) is 12.3 Å². The third-order valence-corrected chi connectivity index (χ3v) is 6.21. The molecule has 168 valence electrons. The fraction of sp³-hybridized carbons (Fsp3) is 0.115. The van der Waals surface area contributed by atoms with Gasteiger partial charge in [0, 0.05) is 47.3 Å². The molecule has 4 aromatic rings. The van der Waals surface area contributed by atoms with Crippen LogP contribution in [0, 0.1) is 11.8 Å². The number of ether oxygens (including phenoxy) is 2. The average molecular weight is 456 g/mol. The van der Waals surface area contributed by atoms with Crippen LogP contribution in [-0.2, 0) is 10.3 Å². The zero-order valence-electron chi connectivity index (χ0n) is 17.8. The molecule has 0 bridgehead atoms. The van der Waals surface area contributed by atoms with Gasteiger partial charge in [0.15, 0.2) is 11.6 Å². The first-order chi connectivity index (χ1) is 16.5. The van der Waals surface area contributed by atoms with Crippen LogP contribution in [0.3, 0.4) is 0 Å². The minimum Gasteiger partial charge on any atom is -0.465 e. The number of aromatic nitrogens is 2. The first-order valence-corrected chi connectivity index (χ1v) is 10.7. The summed E-state index contributed by atoms with van der Waals surface area (Å²) in [5.74, 6) is -0.608. The summed E-state index contributed by atoms with van der Waals surface area (Å²) < 4.78 is 41.4. The van der Waals surface area contributed by atoms with E-state index in [1.807, 2.05) is 12.1 Å². The maximum Gasteiger partial charge on any atom is 0.283 e. The molecule has 1 spiro atoms. The van der Waals surface area contributed by atoms with Crippen molar-refractivity contribution in [1.82, 2.24) is 9.97 Å². The van der Waals surface area contributed by atoms with E-state index in [9.17, 15) is 4.39 Å². The Morgan fingerprint density at radius 2 is 1.76 bits per heavy atom. The van der Waals surface area contributed by atoms with Gasteiger partial charge in [0.1, 0.15) is 11.3 Å². The zero-order valence-corrected chi connectivity index (χ0v) is 17.8. The van der Waals surface area contributed by atoms with Crippen LogP contribution in [0.5, 0.6) is 11.5 Å². The molecule has 0 aliphatic carbocycles. The smallest absolute Gasteiger partial charge is 0.283 e. The Hall–Kier alpha value is -4.33. The fourth-order valence-corrected chi connectivity index (χ4v) is 4.64. The summed E-state index contributed by atoms with van der Waals surface area (Å²) in [5.41, 5.74) is 8.44. The van der Waals surface area contributed by atoms with E-state index in [0.717, 1.165) is 5.56 Å². The quantitative estimate of drug-likeness (QED) is 0.421. The third kappa shape index (κ3) is 3.10. The number of amidine groups is 1. The van der Waals surface area contributed by atoms with Gasteiger partial charge in [-0.1, -0.05) is 12.1 Å². The lowest BCUT2D eigenvalue weighted by molar-refractivity contribution is 0.218. The first kappa shape index (κ1) is 20.3. The lowest BCUT2D eigenvalue weighted by atomic mass is 9.76. The largest absolute Gasteiger partial charge is 0.465 e. The lowest BCUT2D eigenvalue weighted by Crippen LogP contribution is -2.38. The summed E-state index contributed by atoms with van der Waals surface area (Å²) in [5, 5.41) is 0. The highest BCUT2D eigenvalue weighted by Crippen LogP contribution is 2.54. The molecule has 34 heavy (non-hydrogen) atoms. The second-order valence-electron chi connectivity index (χ2n) is 8.14. The molecule has 1 atom stereocenters. The van der Waals surface area contributed by atoms with E-state index < -0.39 is 17.3 Å². The van der Waals surface area contributed by atoms with Crippen LogP contribution in [0.1, 0.15) is 17.5 Å². The highest BCUT2D eigenvalue weighted by atomic mass is 19.1. The van der Waals surface area contributed by atoms with Crippen molar-refractivity contribution in [3.63, 3.8) is 0 Å². The van der Waals surface area contributed by atoms with Crippen molar-refractivity contribution < 1.29 is 18.3 Å². The molecule has 2 aliphatic heterocycles. The van der Waals surface area contributed by atoms with Gasteiger partial charge in [-0.05, 0) is 53.6 Å². The lowest BCUT2D eigenvalue weighted by Gasteiger charge is -2.39. The van der Waals surface area contributed by atoms with Crippen molar-refractivity contribution in [2.24, 2.45) is 10.7 Å². The molecule has 0 radical (unpaired) electrons. The SMILES string of the molecule is NC1=N[C@@]2(CCO1)c1cc(-c3cccnc3F)ccc1Oc1c(F)cc(-c3cccnc3)cc12. The number of pyridine rings is 2. The van der Waals surface area contributed by atoms with Crippen LogP contribution in [0.2, 0.25) is 0 Å². The molecule has 2 aliphatic rings. The summed E-state index contributed by atoms with van der Waals surface area (Å²) in [6, 6.07) is 15.4. The Morgan fingerprint density at radius 1 is 0.912 bits per heavy atom. The van der Waals surface area contributed by atoms with Crippen molar-refractivity contribution in [1.29, 1.82) is 0 Å². The number of nitrogens with zero attached hydrogens (tertiary/aromatic N) is 3. The summed E-state index contributed by atoms with van der Waals surface area (Å²) in [4.78, 5) is 12.6. The van der Waals surface area contributed by atoms with Crippen LogP contribution in [0.15, 0.2) is 78.2 Å². The number of fused-ring (bicyclic) bond motifs is 4.